The molecule has 1 unspecified atom stereocenters. The van der Waals surface area contributed by atoms with Gasteiger partial charge >= 0.3 is 0 Å². The molecule has 1 aliphatic rings. The number of ether oxygens (including phenoxy) is 3. The van der Waals surface area contributed by atoms with Crippen LogP contribution in [0.4, 0.5) is 0 Å². The molecule has 0 aromatic heterocycles. The van der Waals surface area contributed by atoms with E-state index in [1.807, 2.05) is 18.2 Å². The topological polar surface area (TPSA) is 60.0 Å². The average molecular weight is 441 g/mol. The Morgan fingerprint density at radius 1 is 1.03 bits per heavy atom. The molecule has 32 heavy (non-hydrogen) atoms. The summed E-state index contributed by atoms with van der Waals surface area (Å²) in [6.07, 6.45) is 3.86. The molecule has 2 aromatic rings. The maximum Gasteiger partial charge on any atom is 0.224 e. The summed E-state index contributed by atoms with van der Waals surface area (Å²) in [5.41, 5.74) is 3.46. The number of aryl methyl sites for hydroxylation is 1. The van der Waals surface area contributed by atoms with Crippen LogP contribution in [0.2, 0.25) is 0 Å². The van der Waals surface area contributed by atoms with Gasteiger partial charge in [-0.05, 0) is 41.7 Å². The Bertz CT molecular complexity index is 847. The van der Waals surface area contributed by atoms with Gasteiger partial charge in [-0.3, -0.25) is 9.69 Å². The number of hydrogen-bond acceptors (Lipinski definition) is 5. The van der Waals surface area contributed by atoms with Gasteiger partial charge in [0.15, 0.2) is 11.5 Å². The molecule has 3 rings (SSSR count). The van der Waals surface area contributed by atoms with Gasteiger partial charge in [0.1, 0.15) is 0 Å². The summed E-state index contributed by atoms with van der Waals surface area (Å²) in [7, 11) is 3.27. The Balaban J connectivity index is 1.65. The van der Waals surface area contributed by atoms with Crippen molar-refractivity contribution in [2.75, 3.05) is 47.1 Å². The highest BCUT2D eigenvalue weighted by Gasteiger charge is 2.24. The van der Waals surface area contributed by atoms with Crippen molar-refractivity contribution in [2.24, 2.45) is 0 Å². The lowest BCUT2D eigenvalue weighted by Gasteiger charge is -2.35. The maximum atomic E-state index is 12.7. The second kappa shape index (κ2) is 12.5. The van der Waals surface area contributed by atoms with Gasteiger partial charge in [0, 0.05) is 19.6 Å². The number of methoxy groups -OCH3 is 2. The van der Waals surface area contributed by atoms with E-state index in [-0.39, 0.29) is 11.9 Å². The number of nitrogens with zero attached hydrogens (tertiary/aromatic N) is 1. The number of amides is 1. The molecule has 1 fully saturated rings. The van der Waals surface area contributed by atoms with E-state index >= 15 is 0 Å². The first kappa shape index (κ1) is 24.1. The fraction of sp³-hybridized carbons (Fsp3) is 0.500. The second-order valence-corrected chi connectivity index (χ2v) is 8.18. The largest absolute Gasteiger partial charge is 0.493 e. The molecule has 6 nitrogen and oxygen atoms in total. The molecule has 2 aromatic carbocycles. The van der Waals surface area contributed by atoms with Crippen molar-refractivity contribution in [3.8, 4) is 11.5 Å². The molecule has 174 valence electrons. The normalized spacial score (nSPS) is 15.2. The SMILES string of the molecule is CCCCc1ccc(CC(=O)NCC(c2ccc(OC)c(OC)c2)N2CCOCC2)cc1. The van der Waals surface area contributed by atoms with Crippen molar-refractivity contribution in [2.45, 2.75) is 38.6 Å². The molecular formula is C26H36N2O4. The van der Waals surface area contributed by atoms with Crippen LogP contribution in [0.1, 0.15) is 42.5 Å². The van der Waals surface area contributed by atoms with Gasteiger partial charge in [-0.25, -0.2) is 0 Å². The van der Waals surface area contributed by atoms with Crippen molar-refractivity contribution >= 4 is 5.91 Å². The summed E-state index contributed by atoms with van der Waals surface area (Å²) in [5.74, 6) is 1.42. The summed E-state index contributed by atoms with van der Waals surface area (Å²) in [6.45, 7) is 5.78. The molecule has 1 saturated heterocycles. The maximum absolute atomic E-state index is 12.7. The molecule has 0 spiro atoms. The van der Waals surface area contributed by atoms with Crippen molar-refractivity contribution < 1.29 is 19.0 Å². The molecule has 0 bridgehead atoms. The van der Waals surface area contributed by atoms with E-state index < -0.39 is 0 Å². The van der Waals surface area contributed by atoms with Crippen LogP contribution in [0.15, 0.2) is 42.5 Å². The predicted octanol–water partition coefficient (Wildman–Crippen LogP) is 3.78. The summed E-state index contributed by atoms with van der Waals surface area (Å²) in [4.78, 5) is 15.1. The predicted molar refractivity (Wildman–Crippen MR) is 126 cm³/mol. The summed E-state index contributed by atoms with van der Waals surface area (Å²) < 4.78 is 16.4. The van der Waals surface area contributed by atoms with Crippen molar-refractivity contribution in [1.29, 1.82) is 0 Å². The molecule has 1 atom stereocenters. The van der Waals surface area contributed by atoms with Crippen LogP contribution >= 0.6 is 0 Å². The minimum atomic E-state index is 0.0324. The zero-order chi connectivity index (χ0) is 22.8. The van der Waals surface area contributed by atoms with E-state index in [0.717, 1.165) is 30.6 Å². The third kappa shape index (κ3) is 6.71. The average Bonchev–Trinajstić information content (AvgIpc) is 2.84. The highest BCUT2D eigenvalue weighted by atomic mass is 16.5. The van der Waals surface area contributed by atoms with Crippen LogP contribution < -0.4 is 14.8 Å². The van der Waals surface area contributed by atoms with Gasteiger partial charge < -0.3 is 19.5 Å². The fourth-order valence-corrected chi connectivity index (χ4v) is 4.07. The molecular weight excluding hydrogens is 404 g/mol. The Morgan fingerprint density at radius 2 is 1.72 bits per heavy atom. The van der Waals surface area contributed by atoms with Gasteiger partial charge in [0.05, 0.1) is 39.9 Å². The van der Waals surface area contributed by atoms with E-state index in [1.54, 1.807) is 14.2 Å². The van der Waals surface area contributed by atoms with Gasteiger partial charge in [0.25, 0.3) is 0 Å². The zero-order valence-corrected chi connectivity index (χ0v) is 19.6. The quantitative estimate of drug-likeness (QED) is 0.576. The van der Waals surface area contributed by atoms with E-state index in [2.05, 4.69) is 41.4 Å². The highest BCUT2D eigenvalue weighted by molar-refractivity contribution is 5.78. The van der Waals surface area contributed by atoms with E-state index in [1.165, 1.54) is 18.4 Å². The van der Waals surface area contributed by atoms with Crippen LogP contribution in [0.25, 0.3) is 0 Å². The number of carbonyl (C=O) groups excluding carboxylic acids is 1. The molecule has 1 heterocycles. The van der Waals surface area contributed by atoms with Crippen LogP contribution in [-0.4, -0.2) is 57.9 Å². The number of benzene rings is 2. The Hall–Kier alpha value is -2.57. The van der Waals surface area contributed by atoms with Crippen molar-refractivity contribution in [3.05, 3.63) is 59.2 Å². The summed E-state index contributed by atoms with van der Waals surface area (Å²) >= 11 is 0. The second-order valence-electron chi connectivity index (χ2n) is 8.18. The van der Waals surface area contributed by atoms with Crippen LogP contribution in [0.5, 0.6) is 11.5 Å². The van der Waals surface area contributed by atoms with Gasteiger partial charge in [-0.15, -0.1) is 0 Å². The standard InChI is InChI=1S/C26H36N2O4/c1-4-5-6-20-7-9-21(10-8-20)17-26(29)27-19-23(28-13-15-32-16-14-28)22-11-12-24(30-2)25(18-22)31-3/h7-12,18,23H,4-6,13-17,19H2,1-3H3,(H,27,29). The number of unbranched alkanes of at least 4 members (excludes halogenated alkanes) is 1. The van der Waals surface area contributed by atoms with Crippen LogP contribution in [-0.2, 0) is 22.4 Å². The number of rotatable bonds is 11. The minimum Gasteiger partial charge on any atom is -0.493 e. The van der Waals surface area contributed by atoms with E-state index in [0.29, 0.717) is 37.7 Å². The van der Waals surface area contributed by atoms with E-state index in [9.17, 15) is 4.79 Å². The van der Waals surface area contributed by atoms with E-state index in [4.69, 9.17) is 14.2 Å². The molecule has 1 aliphatic heterocycles. The third-order valence-corrected chi connectivity index (χ3v) is 5.98. The zero-order valence-electron chi connectivity index (χ0n) is 19.6. The lowest BCUT2D eigenvalue weighted by molar-refractivity contribution is -0.120. The van der Waals surface area contributed by atoms with Gasteiger partial charge in [0.2, 0.25) is 5.91 Å². The first-order chi connectivity index (χ1) is 15.6. The fourth-order valence-electron chi connectivity index (χ4n) is 4.07. The third-order valence-electron chi connectivity index (χ3n) is 5.98. The molecule has 1 amide bonds. The first-order valence-corrected chi connectivity index (χ1v) is 11.5. The number of hydrogen-bond donors (Lipinski definition) is 1. The molecule has 0 saturated carbocycles. The lowest BCUT2D eigenvalue weighted by Crippen LogP contribution is -2.44. The Labute approximate surface area is 191 Å². The van der Waals surface area contributed by atoms with Crippen LogP contribution in [0.3, 0.4) is 0 Å². The van der Waals surface area contributed by atoms with Crippen LogP contribution in [0, 0.1) is 0 Å². The summed E-state index contributed by atoms with van der Waals surface area (Å²) in [6, 6.07) is 14.4. The monoisotopic (exact) mass is 440 g/mol. The first-order valence-electron chi connectivity index (χ1n) is 11.5. The number of nitrogens with one attached hydrogen (secondary N) is 1. The number of carbonyl (C=O) groups is 1. The minimum absolute atomic E-state index is 0.0324. The molecule has 0 radical (unpaired) electrons. The lowest BCUT2D eigenvalue weighted by atomic mass is 10.0. The van der Waals surface area contributed by atoms with Crippen molar-refractivity contribution in [1.82, 2.24) is 10.2 Å². The molecule has 1 N–H and O–H groups in total. The van der Waals surface area contributed by atoms with Gasteiger partial charge in [-0.1, -0.05) is 43.7 Å². The van der Waals surface area contributed by atoms with Gasteiger partial charge in [-0.2, -0.15) is 0 Å². The Kier molecular flexibility index (Phi) is 9.38. The summed E-state index contributed by atoms with van der Waals surface area (Å²) in [5, 5.41) is 3.15. The smallest absolute Gasteiger partial charge is 0.224 e. The molecule has 6 heteroatoms. The highest BCUT2D eigenvalue weighted by Crippen LogP contribution is 2.32. The molecule has 0 aliphatic carbocycles. The Morgan fingerprint density at radius 3 is 2.38 bits per heavy atom. The van der Waals surface area contributed by atoms with Crippen molar-refractivity contribution in [3.63, 3.8) is 0 Å². The number of morpholine rings is 1.